The molecule has 5 nitrogen and oxygen atoms in total. The van der Waals surface area contributed by atoms with Gasteiger partial charge >= 0.3 is 5.69 Å². The summed E-state index contributed by atoms with van der Waals surface area (Å²) in [6.45, 7) is 1.57. The van der Waals surface area contributed by atoms with Gasteiger partial charge in [-0.15, -0.1) is 0 Å². The Labute approximate surface area is 68.1 Å². The molecule has 12 heavy (non-hydrogen) atoms. The van der Waals surface area contributed by atoms with E-state index in [0.29, 0.717) is 5.56 Å². The average Bonchev–Trinajstić information content (AvgIpc) is 1.94. The molecule has 0 fully saturated rings. The monoisotopic (exact) mass is 170 g/mol. The van der Waals surface area contributed by atoms with Crippen molar-refractivity contribution in [2.45, 2.75) is 19.4 Å². The Hall–Kier alpha value is -1.36. The van der Waals surface area contributed by atoms with E-state index in [4.69, 9.17) is 5.11 Å². The number of aliphatic hydroxyl groups is 1. The maximum Gasteiger partial charge on any atom is 0.325 e. The zero-order valence-corrected chi connectivity index (χ0v) is 6.63. The van der Waals surface area contributed by atoms with Gasteiger partial charge in [0.15, 0.2) is 0 Å². The van der Waals surface area contributed by atoms with E-state index in [1.165, 1.54) is 6.20 Å². The van der Waals surface area contributed by atoms with Gasteiger partial charge in [-0.2, -0.15) is 0 Å². The van der Waals surface area contributed by atoms with Crippen LogP contribution < -0.4 is 11.2 Å². The first kappa shape index (κ1) is 8.73. The van der Waals surface area contributed by atoms with Crippen LogP contribution in [0.1, 0.15) is 12.5 Å². The van der Waals surface area contributed by atoms with Crippen LogP contribution in [0, 0.1) is 0 Å². The lowest BCUT2D eigenvalue weighted by molar-refractivity contribution is 0.195. The molecule has 1 rings (SSSR count). The van der Waals surface area contributed by atoms with E-state index in [0.717, 1.165) is 0 Å². The standard InChI is InChI=1S/C7H10N2O3/c1-4(10)2-5-3-8-7(12)9-6(5)11/h3-4,10H,2H2,1H3,(H2,8,9,11,12)/t4-/m0/s1. The van der Waals surface area contributed by atoms with Crippen molar-refractivity contribution in [1.82, 2.24) is 9.97 Å². The van der Waals surface area contributed by atoms with Gasteiger partial charge in [0, 0.05) is 18.2 Å². The zero-order chi connectivity index (χ0) is 9.14. The summed E-state index contributed by atoms with van der Waals surface area (Å²) in [5.41, 5.74) is -0.599. The Morgan fingerprint density at radius 1 is 1.58 bits per heavy atom. The Balaban J connectivity index is 3.02. The van der Waals surface area contributed by atoms with Gasteiger partial charge in [0.1, 0.15) is 0 Å². The molecule has 3 N–H and O–H groups in total. The van der Waals surface area contributed by atoms with Crippen LogP contribution in [0.5, 0.6) is 0 Å². The average molecular weight is 170 g/mol. The van der Waals surface area contributed by atoms with Crippen LogP contribution in [0.15, 0.2) is 15.8 Å². The van der Waals surface area contributed by atoms with Crippen LogP contribution >= 0.6 is 0 Å². The minimum absolute atomic E-state index is 0.242. The van der Waals surface area contributed by atoms with Crippen LogP contribution in [0.3, 0.4) is 0 Å². The molecule has 5 heteroatoms. The minimum atomic E-state index is -0.586. The molecule has 0 aliphatic heterocycles. The number of aromatic amines is 2. The number of hydrogen-bond donors (Lipinski definition) is 3. The number of nitrogens with one attached hydrogen (secondary N) is 2. The van der Waals surface area contributed by atoms with Crippen molar-refractivity contribution in [2.75, 3.05) is 0 Å². The highest BCUT2D eigenvalue weighted by atomic mass is 16.3. The minimum Gasteiger partial charge on any atom is -0.393 e. The molecular weight excluding hydrogens is 160 g/mol. The molecule has 0 aromatic carbocycles. The van der Waals surface area contributed by atoms with Gasteiger partial charge in [0.2, 0.25) is 0 Å². The third-order valence-electron chi connectivity index (χ3n) is 1.41. The van der Waals surface area contributed by atoms with Crippen molar-refractivity contribution in [2.24, 2.45) is 0 Å². The lowest BCUT2D eigenvalue weighted by Gasteiger charge is -2.00. The highest BCUT2D eigenvalue weighted by Gasteiger charge is 2.03. The smallest absolute Gasteiger partial charge is 0.325 e. The van der Waals surface area contributed by atoms with Gasteiger partial charge in [-0.05, 0) is 6.92 Å². The Morgan fingerprint density at radius 2 is 2.25 bits per heavy atom. The lowest BCUT2D eigenvalue weighted by Crippen LogP contribution is -2.26. The van der Waals surface area contributed by atoms with Crippen molar-refractivity contribution in [1.29, 1.82) is 0 Å². The molecule has 0 unspecified atom stereocenters. The first-order chi connectivity index (χ1) is 5.59. The topological polar surface area (TPSA) is 85.9 Å². The van der Waals surface area contributed by atoms with Crippen molar-refractivity contribution in [3.05, 3.63) is 32.6 Å². The zero-order valence-electron chi connectivity index (χ0n) is 6.63. The quantitative estimate of drug-likeness (QED) is 0.531. The summed E-state index contributed by atoms with van der Waals surface area (Å²) < 4.78 is 0. The molecule has 0 saturated carbocycles. The summed E-state index contributed by atoms with van der Waals surface area (Å²) in [6.07, 6.45) is 0.969. The Bertz CT molecular complexity index is 363. The van der Waals surface area contributed by atoms with Crippen molar-refractivity contribution in [3.63, 3.8) is 0 Å². The molecule has 0 aliphatic rings. The van der Waals surface area contributed by atoms with E-state index in [9.17, 15) is 9.59 Å². The van der Waals surface area contributed by atoms with Crippen molar-refractivity contribution < 1.29 is 5.11 Å². The fourth-order valence-corrected chi connectivity index (χ4v) is 0.908. The highest BCUT2D eigenvalue weighted by Crippen LogP contribution is 1.91. The molecule has 0 amide bonds. The normalized spacial score (nSPS) is 12.8. The molecule has 1 aromatic rings. The van der Waals surface area contributed by atoms with Crippen molar-refractivity contribution in [3.8, 4) is 0 Å². The van der Waals surface area contributed by atoms with Crippen LogP contribution in [-0.4, -0.2) is 21.2 Å². The third-order valence-corrected chi connectivity index (χ3v) is 1.41. The van der Waals surface area contributed by atoms with Crippen LogP contribution in [0.25, 0.3) is 0 Å². The molecule has 0 saturated heterocycles. The molecule has 0 spiro atoms. The summed E-state index contributed by atoms with van der Waals surface area (Å²) in [6, 6.07) is 0. The molecule has 1 aromatic heterocycles. The lowest BCUT2D eigenvalue weighted by atomic mass is 10.2. The first-order valence-electron chi connectivity index (χ1n) is 3.58. The molecule has 0 aliphatic carbocycles. The Morgan fingerprint density at radius 3 is 2.75 bits per heavy atom. The molecule has 1 heterocycles. The maximum atomic E-state index is 11.0. The summed E-state index contributed by atoms with van der Waals surface area (Å²) in [5.74, 6) is 0. The summed E-state index contributed by atoms with van der Waals surface area (Å²) in [7, 11) is 0. The Kier molecular flexibility index (Phi) is 2.44. The molecule has 0 radical (unpaired) electrons. The number of rotatable bonds is 2. The van der Waals surface area contributed by atoms with E-state index in [1.54, 1.807) is 6.92 Å². The number of H-pyrrole nitrogens is 2. The largest absolute Gasteiger partial charge is 0.393 e. The summed E-state index contributed by atoms with van der Waals surface area (Å²) >= 11 is 0. The fourth-order valence-electron chi connectivity index (χ4n) is 0.908. The molecule has 66 valence electrons. The number of hydrogen-bond acceptors (Lipinski definition) is 3. The highest BCUT2D eigenvalue weighted by molar-refractivity contribution is 5.04. The number of aromatic nitrogens is 2. The second kappa shape index (κ2) is 3.36. The first-order valence-corrected chi connectivity index (χ1v) is 3.58. The van der Waals surface area contributed by atoms with E-state index >= 15 is 0 Å². The van der Waals surface area contributed by atoms with E-state index < -0.39 is 17.4 Å². The van der Waals surface area contributed by atoms with Gasteiger partial charge in [-0.25, -0.2) is 4.79 Å². The second-order valence-corrected chi connectivity index (χ2v) is 2.65. The van der Waals surface area contributed by atoms with Gasteiger partial charge in [0.25, 0.3) is 5.56 Å². The van der Waals surface area contributed by atoms with E-state index in [2.05, 4.69) is 9.97 Å². The van der Waals surface area contributed by atoms with Crippen LogP contribution in [0.2, 0.25) is 0 Å². The molecule has 0 bridgehead atoms. The van der Waals surface area contributed by atoms with Crippen molar-refractivity contribution >= 4 is 0 Å². The van der Waals surface area contributed by atoms with Gasteiger partial charge in [-0.3, -0.25) is 9.78 Å². The molecule has 1 atom stereocenters. The fraction of sp³-hybridized carbons (Fsp3) is 0.429. The predicted molar refractivity (Wildman–Crippen MR) is 43.1 cm³/mol. The SMILES string of the molecule is C[C@H](O)Cc1c[nH]c(=O)[nH]c1=O. The van der Waals surface area contributed by atoms with Gasteiger partial charge in [-0.1, -0.05) is 0 Å². The van der Waals surface area contributed by atoms with Gasteiger partial charge in [0.05, 0.1) is 6.10 Å². The van der Waals surface area contributed by atoms with Gasteiger partial charge < -0.3 is 10.1 Å². The summed E-state index contributed by atoms with van der Waals surface area (Å²) in [5, 5.41) is 8.95. The van der Waals surface area contributed by atoms with E-state index in [1.807, 2.05) is 0 Å². The second-order valence-electron chi connectivity index (χ2n) is 2.65. The third kappa shape index (κ3) is 2.06. The number of aliphatic hydroxyl groups excluding tert-OH is 1. The van der Waals surface area contributed by atoms with E-state index in [-0.39, 0.29) is 6.42 Å². The van der Waals surface area contributed by atoms with Crippen LogP contribution in [0.4, 0.5) is 0 Å². The van der Waals surface area contributed by atoms with Crippen LogP contribution in [-0.2, 0) is 6.42 Å². The molecular formula is C7H10N2O3. The maximum absolute atomic E-state index is 11.0. The summed E-state index contributed by atoms with van der Waals surface area (Å²) in [4.78, 5) is 25.9. The predicted octanol–water partition coefficient (Wildman–Crippen LogP) is -1.01.